The molecule has 1 N–H and O–H groups in total. The number of thiophene rings is 1. The lowest BCUT2D eigenvalue weighted by Crippen LogP contribution is -2.08. The molecule has 2 aromatic heterocycles. The van der Waals surface area contributed by atoms with Crippen molar-refractivity contribution in [3.05, 3.63) is 58.0 Å². The fraction of sp³-hybridized carbons (Fsp3) is 0.143. The fourth-order valence-electron chi connectivity index (χ4n) is 2.07. The highest BCUT2D eigenvalue weighted by Crippen LogP contribution is 2.27. The molecular formula is C14H12N6S. The van der Waals surface area contributed by atoms with Gasteiger partial charge in [-0.25, -0.2) is 9.97 Å². The summed E-state index contributed by atoms with van der Waals surface area (Å²) in [5.74, 6) is 0.827. The first-order valence-electron chi connectivity index (χ1n) is 6.38. The highest BCUT2D eigenvalue weighted by Gasteiger charge is 2.09. The maximum atomic E-state index is 8.41. The van der Waals surface area contributed by atoms with E-state index in [-0.39, 0.29) is 6.04 Å². The van der Waals surface area contributed by atoms with Crippen molar-refractivity contribution in [3.8, 4) is 0 Å². The van der Waals surface area contributed by atoms with E-state index in [1.807, 2.05) is 23.6 Å². The van der Waals surface area contributed by atoms with Gasteiger partial charge in [0.2, 0.25) is 0 Å². The summed E-state index contributed by atoms with van der Waals surface area (Å²) in [7, 11) is 0. The lowest BCUT2D eigenvalue weighted by molar-refractivity contribution is 0.876. The second-order valence-corrected chi connectivity index (χ2v) is 5.40. The van der Waals surface area contributed by atoms with Crippen molar-refractivity contribution in [1.29, 1.82) is 0 Å². The number of hydrogen-bond donors (Lipinski definition) is 1. The van der Waals surface area contributed by atoms with E-state index in [0.717, 1.165) is 21.6 Å². The number of nitrogens with one attached hydrogen (secondary N) is 1. The SMILES string of the molecule is C[C@H](Nc1ncnc2sccc12)c1ccc(N=[N+]=[N-])cc1. The zero-order valence-corrected chi connectivity index (χ0v) is 12.1. The van der Waals surface area contributed by atoms with Gasteiger partial charge in [0.15, 0.2) is 0 Å². The van der Waals surface area contributed by atoms with Gasteiger partial charge in [0.05, 0.1) is 5.39 Å². The molecule has 0 aliphatic carbocycles. The molecule has 0 bridgehead atoms. The third kappa shape index (κ3) is 2.79. The topological polar surface area (TPSA) is 86.6 Å². The normalized spacial score (nSPS) is 11.9. The van der Waals surface area contributed by atoms with Crippen LogP contribution in [0.15, 0.2) is 47.2 Å². The summed E-state index contributed by atoms with van der Waals surface area (Å²) in [4.78, 5) is 12.3. The molecule has 0 aliphatic heterocycles. The molecule has 0 spiro atoms. The van der Waals surface area contributed by atoms with E-state index in [9.17, 15) is 0 Å². The average Bonchev–Trinajstić information content (AvgIpc) is 2.98. The van der Waals surface area contributed by atoms with Crippen LogP contribution in [-0.4, -0.2) is 9.97 Å². The van der Waals surface area contributed by atoms with E-state index in [0.29, 0.717) is 5.69 Å². The molecule has 0 amide bonds. The minimum atomic E-state index is 0.0862. The van der Waals surface area contributed by atoms with Crippen LogP contribution in [0.25, 0.3) is 20.7 Å². The number of nitrogens with zero attached hydrogens (tertiary/aromatic N) is 5. The summed E-state index contributed by atoms with van der Waals surface area (Å²) in [6.45, 7) is 2.06. The summed E-state index contributed by atoms with van der Waals surface area (Å²) >= 11 is 1.59. The van der Waals surface area contributed by atoms with Crippen LogP contribution in [0.1, 0.15) is 18.5 Å². The van der Waals surface area contributed by atoms with Gasteiger partial charge in [-0.2, -0.15) is 0 Å². The Labute approximate surface area is 125 Å². The molecule has 1 atom stereocenters. The molecule has 21 heavy (non-hydrogen) atoms. The average molecular weight is 296 g/mol. The first-order chi connectivity index (χ1) is 10.3. The molecule has 1 aromatic carbocycles. The molecule has 0 radical (unpaired) electrons. The fourth-order valence-corrected chi connectivity index (χ4v) is 2.81. The van der Waals surface area contributed by atoms with Gasteiger partial charge in [-0.15, -0.1) is 11.3 Å². The van der Waals surface area contributed by atoms with Gasteiger partial charge in [0.25, 0.3) is 0 Å². The van der Waals surface area contributed by atoms with Gasteiger partial charge in [0.1, 0.15) is 17.0 Å². The highest BCUT2D eigenvalue weighted by atomic mass is 32.1. The van der Waals surface area contributed by atoms with Crippen LogP contribution in [0.4, 0.5) is 11.5 Å². The van der Waals surface area contributed by atoms with E-state index >= 15 is 0 Å². The maximum Gasteiger partial charge on any atom is 0.138 e. The Hall–Kier alpha value is -2.63. The summed E-state index contributed by atoms with van der Waals surface area (Å²) < 4.78 is 0. The lowest BCUT2D eigenvalue weighted by Gasteiger charge is -2.15. The van der Waals surface area contributed by atoms with E-state index in [1.165, 1.54) is 0 Å². The molecule has 0 fully saturated rings. The summed E-state index contributed by atoms with van der Waals surface area (Å²) in [5.41, 5.74) is 10.1. The molecule has 104 valence electrons. The summed E-state index contributed by atoms with van der Waals surface area (Å²) in [6.07, 6.45) is 1.57. The molecule has 7 heteroatoms. The van der Waals surface area contributed by atoms with Crippen molar-refractivity contribution in [1.82, 2.24) is 9.97 Å². The molecule has 0 aliphatic rings. The molecule has 0 unspecified atom stereocenters. The molecule has 3 aromatic rings. The minimum Gasteiger partial charge on any atom is -0.363 e. The third-order valence-electron chi connectivity index (χ3n) is 3.17. The molecule has 6 nitrogen and oxygen atoms in total. The van der Waals surface area contributed by atoms with Gasteiger partial charge in [0, 0.05) is 16.6 Å². The van der Waals surface area contributed by atoms with Crippen LogP contribution in [-0.2, 0) is 0 Å². The number of benzene rings is 1. The second kappa shape index (κ2) is 5.78. The highest BCUT2D eigenvalue weighted by molar-refractivity contribution is 7.16. The zero-order valence-electron chi connectivity index (χ0n) is 11.3. The quantitative estimate of drug-likeness (QED) is 0.426. The first-order valence-corrected chi connectivity index (χ1v) is 7.25. The largest absolute Gasteiger partial charge is 0.363 e. The van der Waals surface area contributed by atoms with Gasteiger partial charge in [-0.3, -0.25) is 0 Å². The second-order valence-electron chi connectivity index (χ2n) is 4.51. The molecule has 0 saturated heterocycles. The Balaban J connectivity index is 1.84. The van der Waals surface area contributed by atoms with Crippen molar-refractivity contribution < 1.29 is 0 Å². The molecule has 3 rings (SSSR count). The number of rotatable bonds is 4. The van der Waals surface area contributed by atoms with Gasteiger partial charge >= 0.3 is 0 Å². The van der Waals surface area contributed by atoms with Crippen LogP contribution in [0.2, 0.25) is 0 Å². The van der Waals surface area contributed by atoms with Gasteiger partial charge < -0.3 is 5.32 Å². The van der Waals surface area contributed by atoms with Crippen molar-refractivity contribution in [2.24, 2.45) is 5.11 Å². The van der Waals surface area contributed by atoms with Crippen molar-refractivity contribution >= 4 is 33.1 Å². The van der Waals surface area contributed by atoms with Crippen LogP contribution >= 0.6 is 11.3 Å². The smallest absolute Gasteiger partial charge is 0.138 e. The van der Waals surface area contributed by atoms with Crippen LogP contribution in [0.5, 0.6) is 0 Å². The van der Waals surface area contributed by atoms with E-state index in [1.54, 1.807) is 29.8 Å². The Morgan fingerprint density at radius 2 is 2.05 bits per heavy atom. The van der Waals surface area contributed by atoms with Gasteiger partial charge in [-0.05, 0) is 29.5 Å². The lowest BCUT2D eigenvalue weighted by atomic mass is 10.1. The van der Waals surface area contributed by atoms with Crippen LogP contribution < -0.4 is 5.32 Å². The first kappa shape index (κ1) is 13.4. The van der Waals surface area contributed by atoms with E-state index in [4.69, 9.17) is 5.53 Å². The zero-order chi connectivity index (χ0) is 14.7. The Morgan fingerprint density at radius 1 is 1.24 bits per heavy atom. The summed E-state index contributed by atoms with van der Waals surface area (Å²) in [6, 6.07) is 9.57. The predicted octanol–water partition coefficient (Wildman–Crippen LogP) is 4.81. The Morgan fingerprint density at radius 3 is 2.81 bits per heavy atom. The Kier molecular flexibility index (Phi) is 3.68. The predicted molar refractivity (Wildman–Crippen MR) is 84.7 cm³/mol. The molecular weight excluding hydrogens is 284 g/mol. The monoisotopic (exact) mass is 296 g/mol. The molecule has 2 heterocycles. The van der Waals surface area contributed by atoms with Crippen molar-refractivity contribution in [3.63, 3.8) is 0 Å². The van der Waals surface area contributed by atoms with Crippen LogP contribution in [0.3, 0.4) is 0 Å². The van der Waals surface area contributed by atoms with Crippen molar-refractivity contribution in [2.45, 2.75) is 13.0 Å². The van der Waals surface area contributed by atoms with Crippen LogP contribution in [0, 0.1) is 0 Å². The minimum absolute atomic E-state index is 0.0862. The van der Waals surface area contributed by atoms with E-state index in [2.05, 4.69) is 32.2 Å². The van der Waals surface area contributed by atoms with Gasteiger partial charge in [-0.1, -0.05) is 29.4 Å². The number of aromatic nitrogens is 2. The van der Waals surface area contributed by atoms with E-state index < -0.39 is 0 Å². The molecule has 0 saturated carbocycles. The number of fused-ring (bicyclic) bond motifs is 1. The van der Waals surface area contributed by atoms with Crippen molar-refractivity contribution in [2.75, 3.05) is 5.32 Å². The number of azide groups is 1. The maximum absolute atomic E-state index is 8.41. The Bertz CT molecular complexity index is 804. The number of hydrogen-bond acceptors (Lipinski definition) is 5. The number of anilines is 1. The third-order valence-corrected chi connectivity index (χ3v) is 3.99. The summed E-state index contributed by atoms with van der Waals surface area (Å²) in [5, 5.41) is 9.99. The standard InChI is InChI=1S/C14H12N6S/c1-9(10-2-4-11(5-3-10)19-20-15)18-13-12-6-7-21-14(12)17-8-16-13/h2-9H,1H3,(H,16,17,18)/t9-/m0/s1.